The lowest BCUT2D eigenvalue weighted by Gasteiger charge is -2.14. The molecule has 0 saturated carbocycles. The van der Waals surface area contributed by atoms with Crippen molar-refractivity contribution in [3.63, 3.8) is 0 Å². The third kappa shape index (κ3) is 2.82. The zero-order chi connectivity index (χ0) is 14.0. The van der Waals surface area contributed by atoms with E-state index in [1.165, 1.54) is 0 Å². The molecule has 4 heteroatoms. The van der Waals surface area contributed by atoms with Gasteiger partial charge >= 0.3 is 0 Å². The summed E-state index contributed by atoms with van der Waals surface area (Å²) < 4.78 is 1.86. The molecule has 0 amide bonds. The van der Waals surface area contributed by atoms with Crippen LogP contribution in [0.2, 0.25) is 5.02 Å². The van der Waals surface area contributed by atoms with Crippen molar-refractivity contribution in [3.05, 3.63) is 51.8 Å². The highest BCUT2D eigenvalue weighted by molar-refractivity contribution is 6.31. The van der Waals surface area contributed by atoms with Crippen molar-refractivity contribution < 1.29 is 5.11 Å². The van der Waals surface area contributed by atoms with Crippen molar-refractivity contribution in [3.8, 4) is 0 Å². The lowest BCUT2D eigenvalue weighted by atomic mass is 10.00. The van der Waals surface area contributed by atoms with E-state index in [0.717, 1.165) is 29.1 Å². The van der Waals surface area contributed by atoms with Crippen LogP contribution in [-0.2, 0) is 13.0 Å². The summed E-state index contributed by atoms with van der Waals surface area (Å²) >= 11 is 6.27. The summed E-state index contributed by atoms with van der Waals surface area (Å²) in [5, 5.41) is 15.4. The first-order valence-corrected chi connectivity index (χ1v) is 6.87. The number of aryl methyl sites for hydroxylation is 3. The quantitative estimate of drug-likeness (QED) is 0.930. The van der Waals surface area contributed by atoms with Gasteiger partial charge in [-0.3, -0.25) is 4.68 Å². The van der Waals surface area contributed by atoms with Gasteiger partial charge in [0.1, 0.15) is 0 Å². The van der Waals surface area contributed by atoms with E-state index in [-0.39, 0.29) is 0 Å². The smallest absolute Gasteiger partial charge is 0.0848 e. The zero-order valence-electron chi connectivity index (χ0n) is 11.5. The average molecular weight is 279 g/mol. The molecule has 0 aliphatic heterocycles. The predicted octanol–water partition coefficient (Wildman–Crippen LogP) is 3.45. The maximum atomic E-state index is 10.4. The fourth-order valence-electron chi connectivity index (χ4n) is 2.32. The van der Waals surface area contributed by atoms with Crippen molar-refractivity contribution >= 4 is 11.6 Å². The number of benzene rings is 1. The Balaban J connectivity index is 2.29. The van der Waals surface area contributed by atoms with Gasteiger partial charge in [0, 0.05) is 13.0 Å². The third-order valence-electron chi connectivity index (χ3n) is 3.39. The molecule has 1 atom stereocenters. The summed E-state index contributed by atoms with van der Waals surface area (Å²) in [4.78, 5) is 0. The number of aliphatic hydroxyl groups is 1. The Morgan fingerprint density at radius 3 is 2.63 bits per heavy atom. The van der Waals surface area contributed by atoms with E-state index in [1.807, 2.05) is 49.7 Å². The molecule has 3 nitrogen and oxygen atoms in total. The maximum absolute atomic E-state index is 10.4. The lowest BCUT2D eigenvalue weighted by Crippen LogP contribution is -2.09. The lowest BCUT2D eigenvalue weighted by molar-refractivity contribution is 0.174. The normalized spacial score (nSPS) is 12.7. The summed E-state index contributed by atoms with van der Waals surface area (Å²) in [5.74, 6) is 0. The number of hydrogen-bond acceptors (Lipinski definition) is 2. The fraction of sp³-hybridized carbons (Fsp3) is 0.400. The molecule has 1 unspecified atom stereocenters. The number of nitrogens with zero attached hydrogens (tertiary/aromatic N) is 2. The van der Waals surface area contributed by atoms with Crippen molar-refractivity contribution in [1.82, 2.24) is 9.78 Å². The van der Waals surface area contributed by atoms with E-state index >= 15 is 0 Å². The molecule has 0 fully saturated rings. The Kier molecular flexibility index (Phi) is 4.27. The number of halogens is 1. The van der Waals surface area contributed by atoms with Crippen LogP contribution < -0.4 is 0 Å². The van der Waals surface area contributed by atoms with Crippen LogP contribution >= 0.6 is 11.6 Å². The predicted molar refractivity (Wildman–Crippen MR) is 77.5 cm³/mol. The van der Waals surface area contributed by atoms with Crippen molar-refractivity contribution in [2.24, 2.45) is 0 Å². The van der Waals surface area contributed by atoms with Crippen LogP contribution in [-0.4, -0.2) is 14.9 Å². The average Bonchev–Trinajstić information content (AvgIpc) is 2.67. The monoisotopic (exact) mass is 278 g/mol. The topological polar surface area (TPSA) is 38.0 Å². The Morgan fingerprint density at radius 2 is 2.00 bits per heavy atom. The van der Waals surface area contributed by atoms with Gasteiger partial charge in [-0.25, -0.2) is 0 Å². The molecule has 0 spiro atoms. The summed E-state index contributed by atoms with van der Waals surface area (Å²) in [6.07, 6.45) is -0.0710. The standard InChI is InChI=1S/C15H19ClN2O/c1-4-18-13(15(16)11(3)17-18)9-14(19)12-8-6-5-7-10(12)2/h5-8,14,19H,4,9H2,1-3H3. The van der Waals surface area contributed by atoms with Crippen LogP contribution in [0.1, 0.15) is 35.5 Å². The van der Waals surface area contributed by atoms with Gasteiger partial charge in [-0.1, -0.05) is 35.9 Å². The molecule has 2 aromatic rings. The van der Waals surface area contributed by atoms with E-state index in [1.54, 1.807) is 0 Å². The van der Waals surface area contributed by atoms with Crippen molar-refractivity contribution in [2.75, 3.05) is 0 Å². The summed E-state index contributed by atoms with van der Waals surface area (Å²) in [7, 11) is 0. The second-order valence-electron chi connectivity index (χ2n) is 4.74. The van der Waals surface area contributed by atoms with Gasteiger partial charge in [0.2, 0.25) is 0 Å². The van der Waals surface area contributed by atoms with Gasteiger partial charge < -0.3 is 5.11 Å². The molecule has 0 radical (unpaired) electrons. The number of rotatable bonds is 4. The minimum Gasteiger partial charge on any atom is -0.388 e. The highest BCUT2D eigenvalue weighted by atomic mass is 35.5. The van der Waals surface area contributed by atoms with Crippen LogP contribution in [0, 0.1) is 13.8 Å². The molecule has 102 valence electrons. The number of aromatic nitrogens is 2. The van der Waals surface area contributed by atoms with Gasteiger partial charge in [0.15, 0.2) is 0 Å². The van der Waals surface area contributed by atoms with E-state index in [9.17, 15) is 5.11 Å². The van der Waals surface area contributed by atoms with Crippen LogP contribution in [0.15, 0.2) is 24.3 Å². The highest BCUT2D eigenvalue weighted by Crippen LogP contribution is 2.27. The summed E-state index contributed by atoms with van der Waals surface area (Å²) in [5.41, 5.74) is 3.75. The molecular weight excluding hydrogens is 260 g/mol. The molecule has 1 N–H and O–H groups in total. The first kappa shape index (κ1) is 14.1. The minimum atomic E-state index is -0.555. The Labute approximate surface area is 118 Å². The fourth-order valence-corrected chi connectivity index (χ4v) is 2.53. The Bertz CT molecular complexity index is 578. The SMILES string of the molecule is CCn1nc(C)c(Cl)c1CC(O)c1ccccc1C. The zero-order valence-corrected chi connectivity index (χ0v) is 12.3. The van der Waals surface area contributed by atoms with Crippen LogP contribution in [0.4, 0.5) is 0 Å². The number of aliphatic hydroxyl groups excluding tert-OH is 1. The van der Waals surface area contributed by atoms with Crippen molar-refractivity contribution in [2.45, 2.75) is 39.8 Å². The van der Waals surface area contributed by atoms with Gasteiger partial charge in [-0.15, -0.1) is 0 Å². The Hall–Kier alpha value is -1.32. The summed E-state index contributed by atoms with van der Waals surface area (Å²) in [6, 6.07) is 7.87. The molecular formula is C15H19ClN2O. The third-order valence-corrected chi connectivity index (χ3v) is 3.88. The van der Waals surface area contributed by atoms with E-state index in [4.69, 9.17) is 11.6 Å². The van der Waals surface area contributed by atoms with Crippen LogP contribution in [0.3, 0.4) is 0 Å². The minimum absolute atomic E-state index is 0.484. The molecule has 0 bridgehead atoms. The molecule has 0 saturated heterocycles. The molecule has 1 heterocycles. The Morgan fingerprint density at radius 1 is 1.32 bits per heavy atom. The van der Waals surface area contributed by atoms with E-state index < -0.39 is 6.10 Å². The van der Waals surface area contributed by atoms with Crippen molar-refractivity contribution in [1.29, 1.82) is 0 Å². The molecule has 0 aliphatic carbocycles. The maximum Gasteiger partial charge on any atom is 0.0848 e. The number of hydrogen-bond donors (Lipinski definition) is 1. The molecule has 2 rings (SSSR count). The van der Waals surface area contributed by atoms with E-state index in [0.29, 0.717) is 11.4 Å². The van der Waals surface area contributed by atoms with Gasteiger partial charge in [-0.2, -0.15) is 5.10 Å². The molecule has 0 aliphatic rings. The van der Waals surface area contributed by atoms with Gasteiger partial charge in [0.05, 0.1) is 22.5 Å². The molecule has 1 aromatic heterocycles. The van der Waals surface area contributed by atoms with Crippen LogP contribution in [0.25, 0.3) is 0 Å². The second kappa shape index (κ2) is 5.76. The van der Waals surface area contributed by atoms with E-state index in [2.05, 4.69) is 5.10 Å². The molecule has 1 aromatic carbocycles. The summed E-state index contributed by atoms with van der Waals surface area (Å²) in [6.45, 7) is 6.66. The largest absolute Gasteiger partial charge is 0.388 e. The molecule has 19 heavy (non-hydrogen) atoms. The second-order valence-corrected chi connectivity index (χ2v) is 5.12. The van der Waals surface area contributed by atoms with Gasteiger partial charge in [0.25, 0.3) is 0 Å². The highest BCUT2D eigenvalue weighted by Gasteiger charge is 2.18. The first-order valence-electron chi connectivity index (χ1n) is 6.50. The van der Waals surface area contributed by atoms with Gasteiger partial charge in [-0.05, 0) is 31.9 Å². The van der Waals surface area contributed by atoms with Crippen LogP contribution in [0.5, 0.6) is 0 Å². The first-order chi connectivity index (χ1) is 9.04.